The number of halogens is 3. The Morgan fingerprint density at radius 3 is 1.74 bits per heavy atom. The van der Waals surface area contributed by atoms with E-state index in [0.717, 1.165) is 26.8 Å². The summed E-state index contributed by atoms with van der Waals surface area (Å²) in [6, 6.07) is 10.2. The highest BCUT2D eigenvalue weighted by Crippen LogP contribution is 2.28. The van der Waals surface area contributed by atoms with Crippen LogP contribution in [0.25, 0.3) is 0 Å². The number of rotatable bonds is 10. The zero-order valence-electron chi connectivity index (χ0n) is 26.4. The highest BCUT2D eigenvalue weighted by molar-refractivity contribution is 9.10. The number of hydroxylamine groups is 2. The Labute approximate surface area is 300 Å². The topological polar surface area (TPSA) is 169 Å². The minimum atomic E-state index is -0.368. The van der Waals surface area contributed by atoms with Gasteiger partial charge in [0, 0.05) is 29.5 Å². The van der Waals surface area contributed by atoms with Gasteiger partial charge in [-0.25, -0.2) is 25.0 Å². The first-order chi connectivity index (χ1) is 22.4. The van der Waals surface area contributed by atoms with Gasteiger partial charge in [-0.05, 0) is 63.8 Å². The number of thioether (sulfide) groups is 2. The fourth-order valence-corrected chi connectivity index (χ4v) is 5.50. The number of carbonyl (C=O) groups excluding carboxylic acids is 2. The van der Waals surface area contributed by atoms with E-state index >= 15 is 0 Å². The minimum absolute atomic E-state index is 0.146. The quantitative estimate of drug-likeness (QED) is 0.0732. The maximum Gasteiger partial charge on any atom is 0.282 e. The van der Waals surface area contributed by atoms with Gasteiger partial charge in [-0.1, -0.05) is 60.6 Å². The Hall–Kier alpha value is -3.34. The monoisotopic (exact) mass is 785 g/mol. The summed E-state index contributed by atoms with van der Waals surface area (Å²) < 4.78 is 11.1. The molecule has 0 saturated carbocycles. The second kappa shape index (κ2) is 20.1. The van der Waals surface area contributed by atoms with Crippen molar-refractivity contribution in [2.75, 3.05) is 51.4 Å². The Morgan fingerprint density at radius 1 is 0.809 bits per heavy atom. The van der Waals surface area contributed by atoms with E-state index in [0.29, 0.717) is 31.7 Å². The molecule has 1 amide bonds. The standard InChI is InChI=1S/C14H14ClN3O2S.C9H14N4O2S.C7H6BrClO/c1-3-21-14-17-7-10(13(16)18-14)12(19)9-6-8(15)4-5-11(9)20-2;1-4-16-9-11-5-6(7(10)12-9)8(14)13(2)15-3;1-10-7-3-2-5(9)4-6(7)8/h4-7H,3H2,1-2H3,(H2,16,17,18);5H,4H2,1-3H3,(H2,10,11,12);2-4H,1H3. The fraction of sp³-hybridized carbons (Fsp3) is 0.267. The lowest BCUT2D eigenvalue weighted by molar-refractivity contribution is -0.0756. The zero-order valence-corrected chi connectivity index (χ0v) is 31.1. The smallest absolute Gasteiger partial charge is 0.282 e. The van der Waals surface area contributed by atoms with Crippen LogP contribution < -0.4 is 20.9 Å². The van der Waals surface area contributed by atoms with Crippen molar-refractivity contribution in [2.45, 2.75) is 24.2 Å². The molecule has 2 heterocycles. The summed E-state index contributed by atoms with van der Waals surface area (Å²) in [6.45, 7) is 3.97. The summed E-state index contributed by atoms with van der Waals surface area (Å²) in [4.78, 5) is 45.3. The first-order valence-electron chi connectivity index (χ1n) is 13.6. The van der Waals surface area contributed by atoms with E-state index in [1.165, 1.54) is 63.3 Å². The fourth-order valence-electron chi connectivity index (χ4n) is 3.39. The molecule has 17 heteroatoms. The van der Waals surface area contributed by atoms with Gasteiger partial charge in [-0.2, -0.15) is 0 Å². The molecule has 47 heavy (non-hydrogen) atoms. The van der Waals surface area contributed by atoms with Gasteiger partial charge in [0.05, 0.1) is 36.9 Å². The molecular formula is C30H34BrCl2N7O5S2. The predicted molar refractivity (Wildman–Crippen MR) is 192 cm³/mol. The van der Waals surface area contributed by atoms with Crippen molar-refractivity contribution in [2.24, 2.45) is 0 Å². The molecule has 252 valence electrons. The molecule has 12 nitrogen and oxygen atoms in total. The normalized spacial score (nSPS) is 10.1. The lowest BCUT2D eigenvalue weighted by atomic mass is 10.0. The number of nitrogen functional groups attached to an aromatic ring is 2. The van der Waals surface area contributed by atoms with E-state index < -0.39 is 0 Å². The molecule has 0 radical (unpaired) electrons. The van der Waals surface area contributed by atoms with Crippen molar-refractivity contribution in [3.05, 3.63) is 80.0 Å². The van der Waals surface area contributed by atoms with Gasteiger partial charge in [0.25, 0.3) is 5.91 Å². The molecule has 0 aliphatic heterocycles. The van der Waals surface area contributed by atoms with Crippen LogP contribution in [0.4, 0.5) is 11.6 Å². The summed E-state index contributed by atoms with van der Waals surface area (Å²) >= 11 is 17.8. The number of methoxy groups -OCH3 is 2. The van der Waals surface area contributed by atoms with Crippen LogP contribution in [-0.4, -0.2) is 76.6 Å². The molecule has 4 N–H and O–H groups in total. The third kappa shape index (κ3) is 12.0. The molecule has 4 aromatic rings. The summed E-state index contributed by atoms with van der Waals surface area (Å²) in [6.07, 6.45) is 2.85. The number of anilines is 2. The minimum Gasteiger partial charge on any atom is -0.496 e. The van der Waals surface area contributed by atoms with E-state index in [1.54, 1.807) is 31.4 Å². The Kier molecular flexibility index (Phi) is 17.1. The van der Waals surface area contributed by atoms with Crippen molar-refractivity contribution in [1.82, 2.24) is 25.0 Å². The van der Waals surface area contributed by atoms with Gasteiger partial charge in [-0.3, -0.25) is 14.4 Å². The van der Waals surface area contributed by atoms with Crippen LogP contribution in [-0.2, 0) is 4.84 Å². The Balaban J connectivity index is 0.000000261. The highest BCUT2D eigenvalue weighted by atomic mass is 79.9. The Bertz CT molecular complexity index is 1670. The van der Waals surface area contributed by atoms with Gasteiger partial charge in [0.2, 0.25) is 5.78 Å². The Morgan fingerprint density at radius 2 is 1.30 bits per heavy atom. The van der Waals surface area contributed by atoms with E-state index in [9.17, 15) is 9.59 Å². The molecule has 4 rings (SSSR count). The number of benzene rings is 2. The maximum absolute atomic E-state index is 12.6. The second-order valence-electron chi connectivity index (χ2n) is 8.71. The average Bonchev–Trinajstić information content (AvgIpc) is 3.05. The van der Waals surface area contributed by atoms with Crippen molar-refractivity contribution >= 4 is 86.0 Å². The molecular weight excluding hydrogens is 753 g/mol. The number of ether oxygens (including phenoxy) is 2. The van der Waals surface area contributed by atoms with E-state index in [1.807, 2.05) is 19.9 Å². The summed E-state index contributed by atoms with van der Waals surface area (Å²) in [7, 11) is 6.00. The molecule has 0 atom stereocenters. The van der Waals surface area contributed by atoms with Gasteiger partial charge >= 0.3 is 0 Å². The van der Waals surface area contributed by atoms with Crippen LogP contribution in [0.3, 0.4) is 0 Å². The average molecular weight is 788 g/mol. The van der Waals surface area contributed by atoms with Gasteiger partial charge in [-0.15, -0.1) is 0 Å². The lowest BCUT2D eigenvalue weighted by Gasteiger charge is -2.14. The van der Waals surface area contributed by atoms with E-state index in [2.05, 4.69) is 35.9 Å². The van der Waals surface area contributed by atoms with Crippen LogP contribution in [0.5, 0.6) is 11.5 Å². The number of nitrogens with two attached hydrogens (primary N) is 2. The highest BCUT2D eigenvalue weighted by Gasteiger charge is 2.19. The predicted octanol–water partition coefficient (Wildman–Crippen LogP) is 6.98. The molecule has 0 fully saturated rings. The lowest BCUT2D eigenvalue weighted by Crippen LogP contribution is -2.26. The van der Waals surface area contributed by atoms with Crippen molar-refractivity contribution in [3.8, 4) is 11.5 Å². The number of aromatic nitrogens is 4. The molecule has 0 bridgehead atoms. The van der Waals surface area contributed by atoms with Crippen molar-refractivity contribution in [3.63, 3.8) is 0 Å². The molecule has 2 aromatic heterocycles. The van der Waals surface area contributed by atoms with E-state index in [4.69, 9.17) is 49.0 Å². The summed E-state index contributed by atoms with van der Waals surface area (Å²) in [5, 5.41) is 3.33. The third-order valence-electron chi connectivity index (χ3n) is 5.69. The van der Waals surface area contributed by atoms with Crippen LogP contribution in [0.1, 0.15) is 40.1 Å². The van der Waals surface area contributed by atoms with Gasteiger partial charge in [0.1, 0.15) is 28.7 Å². The van der Waals surface area contributed by atoms with Gasteiger partial charge in [0.15, 0.2) is 10.3 Å². The molecule has 0 saturated heterocycles. The SMILES string of the molecule is CCSc1ncc(C(=O)N(C)OC)c(N)n1.CCSc1ncc(C(=O)c2cc(Cl)ccc2OC)c(N)n1.COc1ccc(Cl)cc1Br. The number of carbonyl (C=O) groups is 2. The number of hydrogen-bond acceptors (Lipinski definition) is 13. The first kappa shape index (κ1) is 39.8. The van der Waals surface area contributed by atoms with Crippen molar-refractivity contribution in [1.29, 1.82) is 0 Å². The van der Waals surface area contributed by atoms with Crippen molar-refractivity contribution < 1.29 is 23.9 Å². The number of nitrogens with zero attached hydrogens (tertiary/aromatic N) is 5. The third-order valence-corrected chi connectivity index (χ3v) is 8.27. The zero-order chi connectivity index (χ0) is 35.1. The van der Waals surface area contributed by atoms with Crippen LogP contribution in [0.15, 0.2) is 63.6 Å². The van der Waals surface area contributed by atoms with Crippen LogP contribution in [0, 0.1) is 0 Å². The van der Waals surface area contributed by atoms with Gasteiger partial charge < -0.3 is 20.9 Å². The molecule has 2 aromatic carbocycles. The number of amides is 1. The summed E-state index contributed by atoms with van der Waals surface area (Å²) in [5.74, 6) is 2.53. The second-order valence-corrected chi connectivity index (χ2v) is 12.9. The molecule has 0 unspecified atom stereocenters. The maximum atomic E-state index is 12.6. The van der Waals surface area contributed by atoms with Crippen LogP contribution >= 0.6 is 62.7 Å². The molecule has 0 aliphatic carbocycles. The first-order valence-corrected chi connectivity index (χ1v) is 17.1. The summed E-state index contributed by atoms with van der Waals surface area (Å²) in [5.41, 5.74) is 12.3. The van der Waals surface area contributed by atoms with Crippen LogP contribution in [0.2, 0.25) is 10.0 Å². The largest absolute Gasteiger partial charge is 0.496 e. The van der Waals surface area contributed by atoms with E-state index in [-0.39, 0.29) is 34.5 Å². The molecule has 0 aliphatic rings. The molecule has 0 spiro atoms. The number of hydrogen-bond donors (Lipinski definition) is 2. The number of ketones is 1.